The molecule has 0 saturated heterocycles. The molecule has 16 heteroatoms. The van der Waals surface area contributed by atoms with Crippen LogP contribution in [0.4, 0.5) is 23.3 Å². The van der Waals surface area contributed by atoms with E-state index in [-0.39, 0.29) is 70.4 Å². The fraction of sp³-hybridized carbons (Fsp3) is 0.429. The molecular formula is C49H64N8O8. The second kappa shape index (κ2) is 28.1. The number of amides is 6. The lowest BCUT2D eigenvalue weighted by molar-refractivity contribution is -0.117. The quantitative estimate of drug-likeness (QED) is 0.0271. The first kappa shape index (κ1) is 50.8. The minimum Gasteiger partial charge on any atom is -0.493 e. The number of ether oxygens (including phenoxy) is 2. The SMILES string of the molecule is CCCCCCCCCC(=O)Nc1cccc(NC(=O)c2cc(OCCCOc3cc(C(N)=O)cc(C(=O)Nc4cccc(NC(=O)CCCCCCCCC)n4)c3)cc(C(N)=O)c2)n1. The summed E-state index contributed by atoms with van der Waals surface area (Å²) in [6, 6.07) is 18.1. The van der Waals surface area contributed by atoms with E-state index in [1.165, 1.54) is 87.8 Å². The van der Waals surface area contributed by atoms with Crippen molar-refractivity contribution in [2.45, 2.75) is 123 Å². The largest absolute Gasteiger partial charge is 0.493 e. The summed E-state index contributed by atoms with van der Waals surface area (Å²) < 4.78 is 11.7. The first-order valence-electron chi connectivity index (χ1n) is 22.8. The molecule has 8 N–H and O–H groups in total. The van der Waals surface area contributed by atoms with Crippen molar-refractivity contribution >= 4 is 58.7 Å². The van der Waals surface area contributed by atoms with Crippen molar-refractivity contribution in [3.8, 4) is 11.5 Å². The van der Waals surface area contributed by atoms with Crippen LogP contribution >= 0.6 is 0 Å². The highest BCUT2D eigenvalue weighted by Crippen LogP contribution is 2.22. The second-order valence-corrected chi connectivity index (χ2v) is 15.8. The summed E-state index contributed by atoms with van der Waals surface area (Å²) in [7, 11) is 0. The van der Waals surface area contributed by atoms with E-state index in [9.17, 15) is 28.8 Å². The molecule has 0 fully saturated rings. The van der Waals surface area contributed by atoms with Crippen molar-refractivity contribution in [1.82, 2.24) is 9.97 Å². The summed E-state index contributed by atoms with van der Waals surface area (Å²) in [6.45, 7) is 4.53. The molecule has 6 amide bonds. The summed E-state index contributed by atoms with van der Waals surface area (Å²) in [5.41, 5.74) is 11.4. The van der Waals surface area contributed by atoms with Gasteiger partial charge in [0.05, 0.1) is 13.2 Å². The zero-order valence-electron chi connectivity index (χ0n) is 37.7. The molecule has 0 spiro atoms. The van der Waals surface area contributed by atoms with Crippen molar-refractivity contribution < 1.29 is 38.2 Å². The monoisotopic (exact) mass is 892 g/mol. The maximum atomic E-state index is 13.3. The van der Waals surface area contributed by atoms with Gasteiger partial charge in [-0.2, -0.15) is 0 Å². The number of carbonyl (C=O) groups excluding carboxylic acids is 6. The Morgan fingerprint density at radius 1 is 0.446 bits per heavy atom. The average Bonchev–Trinajstić information content (AvgIpc) is 3.28. The van der Waals surface area contributed by atoms with Crippen LogP contribution < -0.4 is 42.2 Å². The first-order chi connectivity index (χ1) is 31.4. The van der Waals surface area contributed by atoms with Crippen LogP contribution in [0.2, 0.25) is 0 Å². The molecule has 2 aromatic carbocycles. The van der Waals surface area contributed by atoms with E-state index in [4.69, 9.17) is 20.9 Å². The lowest BCUT2D eigenvalue weighted by Crippen LogP contribution is -2.18. The van der Waals surface area contributed by atoms with Gasteiger partial charge in [-0.15, -0.1) is 0 Å². The smallest absolute Gasteiger partial charge is 0.256 e. The Balaban J connectivity index is 1.28. The number of nitrogens with zero attached hydrogens (tertiary/aromatic N) is 2. The lowest BCUT2D eigenvalue weighted by atomic mass is 10.1. The number of pyridine rings is 2. The number of hydrogen-bond acceptors (Lipinski definition) is 10. The van der Waals surface area contributed by atoms with Crippen molar-refractivity contribution in [3.63, 3.8) is 0 Å². The number of aromatic nitrogens is 2. The molecule has 0 atom stereocenters. The van der Waals surface area contributed by atoms with E-state index in [1.54, 1.807) is 36.4 Å². The fourth-order valence-electron chi connectivity index (χ4n) is 6.77. The van der Waals surface area contributed by atoms with Gasteiger partial charge >= 0.3 is 0 Å². The number of hydrogen-bond donors (Lipinski definition) is 6. The average molecular weight is 893 g/mol. The van der Waals surface area contributed by atoms with Gasteiger partial charge in [-0.05, 0) is 73.5 Å². The molecular weight excluding hydrogens is 829 g/mol. The third-order valence-electron chi connectivity index (χ3n) is 10.3. The minimum atomic E-state index is -0.768. The third kappa shape index (κ3) is 19.2. The topological polar surface area (TPSA) is 247 Å². The van der Waals surface area contributed by atoms with Crippen LogP contribution in [0, 0.1) is 0 Å². The predicted octanol–water partition coefficient (Wildman–Crippen LogP) is 9.19. The van der Waals surface area contributed by atoms with Gasteiger partial charge in [0.1, 0.15) is 34.8 Å². The summed E-state index contributed by atoms with van der Waals surface area (Å²) in [5, 5.41) is 10.9. The maximum absolute atomic E-state index is 13.3. The van der Waals surface area contributed by atoms with Crippen LogP contribution in [-0.4, -0.2) is 58.6 Å². The van der Waals surface area contributed by atoms with Gasteiger partial charge in [0, 0.05) is 41.5 Å². The van der Waals surface area contributed by atoms with Gasteiger partial charge in [0.2, 0.25) is 23.6 Å². The van der Waals surface area contributed by atoms with Crippen molar-refractivity contribution in [2.24, 2.45) is 11.5 Å². The zero-order chi connectivity index (χ0) is 46.8. The summed E-state index contributed by atoms with van der Waals surface area (Å²) in [5.74, 6) is -1.65. The molecule has 0 radical (unpaired) electrons. The van der Waals surface area contributed by atoms with Crippen LogP contribution in [0.15, 0.2) is 72.8 Å². The van der Waals surface area contributed by atoms with E-state index < -0.39 is 23.6 Å². The molecule has 16 nitrogen and oxygen atoms in total. The molecule has 4 aromatic rings. The number of rotatable bonds is 30. The Kier molecular flexibility index (Phi) is 21.9. The highest BCUT2D eigenvalue weighted by molar-refractivity contribution is 6.07. The number of benzene rings is 2. The van der Waals surface area contributed by atoms with Crippen molar-refractivity contribution in [3.05, 3.63) is 95.1 Å². The Morgan fingerprint density at radius 2 is 0.785 bits per heavy atom. The Morgan fingerprint density at radius 3 is 1.15 bits per heavy atom. The standard InChI is InChI=1S/C49H64N8O8/c1-3-5-7-9-11-13-15-24-44(58)54-40-20-17-22-42(52-40)56-48(62)36-28-34(46(50)60)30-38(32-36)64-26-19-27-65-39-31-35(47(51)61)29-37(33-39)49(63)57-43-23-18-21-41(53-43)55-45(59)25-16-14-12-10-8-6-4-2/h17-18,20-23,28-33H,3-16,19,24-27H2,1-2H3,(H2,50,60)(H2,51,61)(H2,52,54,56,58,62)(H2,53,55,57,59,63). The number of unbranched alkanes of at least 4 members (excludes halogenated alkanes) is 12. The van der Waals surface area contributed by atoms with Crippen LogP contribution in [0.25, 0.3) is 0 Å². The molecule has 2 aromatic heterocycles. The predicted molar refractivity (Wildman–Crippen MR) is 252 cm³/mol. The molecule has 0 aliphatic heterocycles. The number of anilines is 4. The normalized spacial score (nSPS) is 10.7. The first-order valence-corrected chi connectivity index (χ1v) is 22.8. The molecule has 0 saturated carbocycles. The lowest BCUT2D eigenvalue weighted by Gasteiger charge is -2.13. The summed E-state index contributed by atoms with van der Waals surface area (Å²) in [6.07, 6.45) is 16.4. The molecule has 65 heavy (non-hydrogen) atoms. The minimum absolute atomic E-state index is 0.0443. The molecule has 0 aliphatic rings. The van der Waals surface area contributed by atoms with Gasteiger partial charge in [0.25, 0.3) is 11.8 Å². The van der Waals surface area contributed by atoms with Gasteiger partial charge in [0.15, 0.2) is 0 Å². The number of nitrogens with two attached hydrogens (primary N) is 2. The van der Waals surface area contributed by atoms with Crippen LogP contribution in [0.5, 0.6) is 11.5 Å². The molecule has 2 heterocycles. The molecule has 0 aliphatic carbocycles. The van der Waals surface area contributed by atoms with E-state index in [0.717, 1.165) is 38.5 Å². The van der Waals surface area contributed by atoms with E-state index in [2.05, 4.69) is 45.1 Å². The third-order valence-corrected chi connectivity index (χ3v) is 10.3. The van der Waals surface area contributed by atoms with Gasteiger partial charge in [-0.25, -0.2) is 9.97 Å². The Hall–Kier alpha value is -6.84. The van der Waals surface area contributed by atoms with E-state index in [1.807, 2.05) is 0 Å². The highest BCUT2D eigenvalue weighted by atomic mass is 16.5. The van der Waals surface area contributed by atoms with Crippen LogP contribution in [-0.2, 0) is 9.59 Å². The maximum Gasteiger partial charge on any atom is 0.256 e. The number of primary amides is 2. The number of nitrogens with one attached hydrogen (secondary N) is 4. The van der Waals surface area contributed by atoms with E-state index >= 15 is 0 Å². The van der Waals surface area contributed by atoms with Gasteiger partial charge in [-0.1, -0.05) is 103 Å². The molecule has 348 valence electrons. The number of carbonyl (C=O) groups is 6. The zero-order valence-corrected chi connectivity index (χ0v) is 37.7. The summed E-state index contributed by atoms with van der Waals surface area (Å²) >= 11 is 0. The second-order valence-electron chi connectivity index (χ2n) is 15.8. The van der Waals surface area contributed by atoms with Crippen molar-refractivity contribution in [2.75, 3.05) is 34.5 Å². The Bertz CT molecular complexity index is 2060. The van der Waals surface area contributed by atoms with Gasteiger partial charge in [-0.3, -0.25) is 28.8 Å². The highest BCUT2D eigenvalue weighted by Gasteiger charge is 2.16. The Labute approximate surface area is 381 Å². The summed E-state index contributed by atoms with van der Waals surface area (Å²) in [4.78, 5) is 84.7. The van der Waals surface area contributed by atoms with Crippen LogP contribution in [0.3, 0.4) is 0 Å². The fourth-order valence-corrected chi connectivity index (χ4v) is 6.77. The van der Waals surface area contributed by atoms with E-state index in [0.29, 0.717) is 30.9 Å². The van der Waals surface area contributed by atoms with Crippen molar-refractivity contribution in [1.29, 1.82) is 0 Å². The van der Waals surface area contributed by atoms with Gasteiger partial charge < -0.3 is 42.2 Å². The molecule has 0 bridgehead atoms. The molecule has 0 unspecified atom stereocenters. The van der Waals surface area contributed by atoms with Crippen LogP contribution in [0.1, 0.15) is 164 Å². The molecule has 4 rings (SSSR count).